The molecule has 0 amide bonds. The maximum absolute atomic E-state index is 5.88. The first kappa shape index (κ1) is 14.6. The van der Waals surface area contributed by atoms with Crippen molar-refractivity contribution < 1.29 is 0 Å². The molecule has 3 rings (SSSR count). The maximum Gasteiger partial charge on any atom is 0.191 e. The second-order valence-electron chi connectivity index (χ2n) is 5.25. The Bertz CT molecular complexity index is 609. The van der Waals surface area contributed by atoms with E-state index < -0.39 is 0 Å². The van der Waals surface area contributed by atoms with Crippen molar-refractivity contribution in [2.75, 3.05) is 5.73 Å². The Morgan fingerprint density at radius 2 is 2.05 bits per heavy atom. The molecule has 0 saturated heterocycles. The van der Waals surface area contributed by atoms with Crippen LogP contribution in [0, 0.1) is 0 Å². The van der Waals surface area contributed by atoms with E-state index in [9.17, 15) is 0 Å². The molecule has 1 saturated carbocycles. The summed E-state index contributed by atoms with van der Waals surface area (Å²) in [5.74, 6) is 1.82. The standard InChI is InChI=1S/C15H17ClN4S/c16-13-8-14(17)20-15(19-13)21-9-12-7-11(5-6-18-12)10-3-1-2-4-10/h5-8,10H,1-4,9H2,(H2,17,19,20). The highest BCUT2D eigenvalue weighted by atomic mass is 35.5. The summed E-state index contributed by atoms with van der Waals surface area (Å²) in [7, 11) is 0. The minimum absolute atomic E-state index is 0.373. The van der Waals surface area contributed by atoms with Crippen molar-refractivity contribution in [3.63, 3.8) is 0 Å². The fraction of sp³-hybridized carbons (Fsp3) is 0.400. The summed E-state index contributed by atoms with van der Waals surface area (Å²) in [4.78, 5) is 12.8. The van der Waals surface area contributed by atoms with Crippen LogP contribution in [0.4, 0.5) is 5.82 Å². The van der Waals surface area contributed by atoms with Crippen LogP contribution in [-0.4, -0.2) is 15.0 Å². The summed E-state index contributed by atoms with van der Waals surface area (Å²) in [5, 5.41) is 0.964. The largest absolute Gasteiger partial charge is 0.384 e. The molecule has 0 bridgehead atoms. The molecule has 0 atom stereocenters. The van der Waals surface area contributed by atoms with E-state index in [1.165, 1.54) is 43.0 Å². The van der Waals surface area contributed by atoms with Crippen molar-refractivity contribution >= 4 is 29.2 Å². The molecule has 6 heteroatoms. The van der Waals surface area contributed by atoms with Gasteiger partial charge in [-0.05, 0) is 36.5 Å². The number of rotatable bonds is 4. The zero-order chi connectivity index (χ0) is 14.7. The quantitative estimate of drug-likeness (QED) is 0.523. The van der Waals surface area contributed by atoms with Gasteiger partial charge in [-0.3, -0.25) is 4.98 Å². The first-order valence-electron chi connectivity index (χ1n) is 7.08. The van der Waals surface area contributed by atoms with Crippen LogP contribution in [0.1, 0.15) is 42.9 Å². The molecule has 110 valence electrons. The molecule has 0 aromatic carbocycles. The summed E-state index contributed by atoms with van der Waals surface area (Å²) in [6, 6.07) is 5.89. The van der Waals surface area contributed by atoms with Crippen molar-refractivity contribution in [3.8, 4) is 0 Å². The summed E-state index contributed by atoms with van der Waals surface area (Å²) in [5.41, 5.74) is 8.13. The Morgan fingerprint density at radius 1 is 1.24 bits per heavy atom. The van der Waals surface area contributed by atoms with Gasteiger partial charge in [-0.15, -0.1) is 0 Å². The summed E-state index contributed by atoms with van der Waals surface area (Å²) < 4.78 is 0. The summed E-state index contributed by atoms with van der Waals surface area (Å²) in [6.07, 6.45) is 7.17. The average Bonchev–Trinajstić information content (AvgIpc) is 2.99. The van der Waals surface area contributed by atoms with E-state index >= 15 is 0 Å². The molecule has 1 aliphatic carbocycles. The van der Waals surface area contributed by atoms with Gasteiger partial charge in [0.05, 0.1) is 5.69 Å². The zero-order valence-electron chi connectivity index (χ0n) is 11.6. The maximum atomic E-state index is 5.88. The van der Waals surface area contributed by atoms with Gasteiger partial charge in [0, 0.05) is 18.0 Å². The molecule has 2 aromatic heterocycles. The number of thioether (sulfide) groups is 1. The lowest BCUT2D eigenvalue weighted by molar-refractivity contribution is 0.720. The third kappa shape index (κ3) is 3.86. The van der Waals surface area contributed by atoms with Gasteiger partial charge in [-0.2, -0.15) is 0 Å². The van der Waals surface area contributed by atoms with Gasteiger partial charge in [-0.1, -0.05) is 36.2 Å². The molecule has 2 heterocycles. The van der Waals surface area contributed by atoms with Crippen LogP contribution in [0.2, 0.25) is 5.15 Å². The van der Waals surface area contributed by atoms with E-state index in [1.54, 1.807) is 6.07 Å². The lowest BCUT2D eigenvalue weighted by atomic mass is 9.98. The highest BCUT2D eigenvalue weighted by molar-refractivity contribution is 7.98. The number of hydrogen-bond acceptors (Lipinski definition) is 5. The third-order valence-electron chi connectivity index (χ3n) is 3.71. The van der Waals surface area contributed by atoms with Gasteiger partial charge in [0.15, 0.2) is 5.16 Å². The van der Waals surface area contributed by atoms with Crippen LogP contribution in [0.3, 0.4) is 0 Å². The predicted molar refractivity (Wildman–Crippen MR) is 86.5 cm³/mol. The van der Waals surface area contributed by atoms with Crippen LogP contribution in [0.5, 0.6) is 0 Å². The normalized spacial score (nSPS) is 15.5. The zero-order valence-corrected chi connectivity index (χ0v) is 13.2. The second-order valence-corrected chi connectivity index (χ2v) is 6.58. The van der Waals surface area contributed by atoms with Crippen molar-refractivity contribution in [1.29, 1.82) is 0 Å². The summed E-state index contributed by atoms with van der Waals surface area (Å²) >= 11 is 7.39. The number of nitrogens with two attached hydrogens (primary N) is 1. The first-order chi connectivity index (χ1) is 10.2. The lowest BCUT2D eigenvalue weighted by Gasteiger charge is -2.10. The van der Waals surface area contributed by atoms with E-state index in [0.29, 0.717) is 22.0 Å². The van der Waals surface area contributed by atoms with Crippen LogP contribution >= 0.6 is 23.4 Å². The van der Waals surface area contributed by atoms with E-state index in [-0.39, 0.29) is 0 Å². The number of hydrogen-bond donors (Lipinski definition) is 1. The third-order valence-corrected chi connectivity index (χ3v) is 4.79. The molecule has 1 aliphatic rings. The number of nitrogen functional groups attached to an aromatic ring is 1. The molecule has 0 aliphatic heterocycles. The van der Waals surface area contributed by atoms with Crippen LogP contribution in [0.15, 0.2) is 29.6 Å². The Morgan fingerprint density at radius 3 is 2.81 bits per heavy atom. The minimum Gasteiger partial charge on any atom is -0.384 e. The fourth-order valence-corrected chi connectivity index (χ4v) is 3.71. The van der Waals surface area contributed by atoms with Gasteiger partial charge < -0.3 is 5.73 Å². The van der Waals surface area contributed by atoms with Crippen molar-refractivity contribution in [2.45, 2.75) is 42.5 Å². The van der Waals surface area contributed by atoms with E-state index in [4.69, 9.17) is 17.3 Å². The van der Waals surface area contributed by atoms with Crippen LogP contribution in [-0.2, 0) is 5.75 Å². The average molecular weight is 321 g/mol. The SMILES string of the molecule is Nc1cc(Cl)nc(SCc2cc(C3CCCC3)ccn2)n1. The van der Waals surface area contributed by atoms with Crippen molar-refractivity contribution in [3.05, 3.63) is 40.8 Å². The van der Waals surface area contributed by atoms with E-state index in [2.05, 4.69) is 27.1 Å². The molecular formula is C15H17ClN4S. The van der Waals surface area contributed by atoms with Gasteiger partial charge in [0.2, 0.25) is 0 Å². The lowest BCUT2D eigenvalue weighted by Crippen LogP contribution is -1.97. The van der Waals surface area contributed by atoms with Gasteiger partial charge >= 0.3 is 0 Å². The monoisotopic (exact) mass is 320 g/mol. The molecule has 0 unspecified atom stereocenters. The Hall–Kier alpha value is -1.33. The fourth-order valence-electron chi connectivity index (χ4n) is 2.71. The van der Waals surface area contributed by atoms with Gasteiger partial charge in [0.25, 0.3) is 0 Å². The molecule has 2 aromatic rings. The first-order valence-corrected chi connectivity index (χ1v) is 8.45. The number of halogens is 1. The molecule has 0 spiro atoms. The van der Waals surface area contributed by atoms with Crippen LogP contribution < -0.4 is 5.73 Å². The van der Waals surface area contributed by atoms with Crippen LogP contribution in [0.25, 0.3) is 0 Å². The number of anilines is 1. The van der Waals surface area contributed by atoms with E-state index in [1.807, 2.05) is 6.20 Å². The topological polar surface area (TPSA) is 64.7 Å². The second kappa shape index (κ2) is 6.62. The van der Waals surface area contributed by atoms with Gasteiger partial charge in [0.1, 0.15) is 11.0 Å². The Kier molecular flexibility index (Phi) is 4.60. The highest BCUT2D eigenvalue weighted by Gasteiger charge is 2.17. The Labute approximate surface area is 133 Å². The smallest absolute Gasteiger partial charge is 0.191 e. The molecule has 21 heavy (non-hydrogen) atoms. The van der Waals surface area contributed by atoms with Gasteiger partial charge in [-0.25, -0.2) is 9.97 Å². The van der Waals surface area contributed by atoms with Crippen molar-refractivity contribution in [2.24, 2.45) is 0 Å². The minimum atomic E-state index is 0.373. The Balaban J connectivity index is 1.68. The number of aromatic nitrogens is 3. The molecule has 4 nitrogen and oxygen atoms in total. The highest BCUT2D eigenvalue weighted by Crippen LogP contribution is 2.34. The molecule has 1 fully saturated rings. The predicted octanol–water partition coefficient (Wildman–Crippen LogP) is 4.06. The number of pyridine rings is 1. The number of nitrogens with zero attached hydrogens (tertiary/aromatic N) is 3. The molecule has 2 N–H and O–H groups in total. The van der Waals surface area contributed by atoms with Crippen molar-refractivity contribution in [1.82, 2.24) is 15.0 Å². The molecular weight excluding hydrogens is 304 g/mol. The summed E-state index contributed by atoms with van der Waals surface area (Å²) in [6.45, 7) is 0. The van der Waals surface area contributed by atoms with E-state index in [0.717, 1.165) is 11.4 Å². The molecule has 0 radical (unpaired) electrons.